The summed E-state index contributed by atoms with van der Waals surface area (Å²) in [5.41, 5.74) is 2.11. The Hall–Kier alpha value is -3.35. The maximum atomic E-state index is 13.2. The van der Waals surface area contributed by atoms with Crippen LogP contribution in [0.15, 0.2) is 42.5 Å². The molecule has 1 fully saturated rings. The Morgan fingerprint density at radius 1 is 0.812 bits per heavy atom. The molecule has 0 spiro atoms. The van der Waals surface area contributed by atoms with Crippen molar-refractivity contribution >= 4 is 17.6 Å². The van der Waals surface area contributed by atoms with Crippen molar-refractivity contribution in [1.82, 2.24) is 9.80 Å². The number of rotatable bonds is 7. The molecule has 1 heterocycles. The number of aryl methyl sites for hydroxylation is 1. The summed E-state index contributed by atoms with van der Waals surface area (Å²) in [4.78, 5) is 41.8. The average Bonchev–Trinajstić information content (AvgIpc) is 3.08. The molecule has 2 amide bonds. The minimum atomic E-state index is -0.178. The normalized spacial score (nSPS) is 14.0. The molecule has 0 aliphatic carbocycles. The summed E-state index contributed by atoms with van der Waals surface area (Å²) in [5, 5.41) is 0. The minimum absolute atomic E-state index is 0.0340. The maximum Gasteiger partial charge on any atom is 0.261 e. The van der Waals surface area contributed by atoms with Gasteiger partial charge < -0.3 is 19.3 Å². The number of ether oxygens (including phenoxy) is 2. The van der Waals surface area contributed by atoms with Gasteiger partial charge in [0.25, 0.3) is 5.91 Å². The Morgan fingerprint density at radius 2 is 1.41 bits per heavy atom. The Balaban J connectivity index is 1.59. The number of benzene rings is 2. The third kappa shape index (κ3) is 5.46. The SMILES string of the molecule is COc1cccc(OC)c1C(=O)N1CCCN(C(=O)CCC(=O)c2ccc(C)cc2)CC1. The summed E-state index contributed by atoms with van der Waals surface area (Å²) in [6, 6.07) is 12.6. The van der Waals surface area contributed by atoms with Crippen molar-refractivity contribution in [2.45, 2.75) is 26.2 Å². The van der Waals surface area contributed by atoms with E-state index in [-0.39, 0.29) is 30.4 Å². The zero-order chi connectivity index (χ0) is 23.1. The summed E-state index contributed by atoms with van der Waals surface area (Å²) >= 11 is 0. The largest absolute Gasteiger partial charge is 0.496 e. The van der Waals surface area contributed by atoms with E-state index in [1.165, 1.54) is 14.2 Å². The molecular weight excluding hydrogens is 408 g/mol. The molecule has 32 heavy (non-hydrogen) atoms. The summed E-state index contributed by atoms with van der Waals surface area (Å²) in [5.74, 6) is 0.647. The first-order valence-electron chi connectivity index (χ1n) is 10.8. The van der Waals surface area contributed by atoms with Crippen LogP contribution >= 0.6 is 0 Å². The maximum absolute atomic E-state index is 13.2. The predicted molar refractivity (Wildman–Crippen MR) is 121 cm³/mol. The topological polar surface area (TPSA) is 76.2 Å². The van der Waals surface area contributed by atoms with E-state index in [1.807, 2.05) is 19.1 Å². The van der Waals surface area contributed by atoms with E-state index in [4.69, 9.17) is 9.47 Å². The number of carbonyl (C=O) groups excluding carboxylic acids is 3. The number of ketones is 1. The highest BCUT2D eigenvalue weighted by Crippen LogP contribution is 2.30. The minimum Gasteiger partial charge on any atom is -0.496 e. The number of nitrogens with zero attached hydrogens (tertiary/aromatic N) is 2. The van der Waals surface area contributed by atoms with Crippen molar-refractivity contribution in [1.29, 1.82) is 0 Å². The van der Waals surface area contributed by atoms with Gasteiger partial charge in [-0.2, -0.15) is 0 Å². The second-order valence-corrected chi connectivity index (χ2v) is 7.85. The second kappa shape index (κ2) is 10.8. The van der Waals surface area contributed by atoms with Gasteiger partial charge in [0.2, 0.25) is 5.91 Å². The van der Waals surface area contributed by atoms with Crippen LogP contribution in [0, 0.1) is 6.92 Å². The fourth-order valence-electron chi connectivity index (χ4n) is 3.85. The van der Waals surface area contributed by atoms with Crippen molar-refractivity contribution in [3.63, 3.8) is 0 Å². The highest BCUT2D eigenvalue weighted by molar-refractivity contribution is 6.00. The first-order valence-corrected chi connectivity index (χ1v) is 10.8. The highest BCUT2D eigenvalue weighted by Gasteiger charge is 2.27. The van der Waals surface area contributed by atoms with Crippen LogP contribution in [0.2, 0.25) is 0 Å². The van der Waals surface area contributed by atoms with Crippen LogP contribution in [-0.4, -0.2) is 67.8 Å². The Morgan fingerprint density at radius 3 is 2.03 bits per heavy atom. The molecule has 0 atom stereocenters. The van der Waals surface area contributed by atoms with Crippen LogP contribution in [0.25, 0.3) is 0 Å². The van der Waals surface area contributed by atoms with Gasteiger partial charge >= 0.3 is 0 Å². The number of amides is 2. The van der Waals surface area contributed by atoms with Crippen LogP contribution in [0.3, 0.4) is 0 Å². The summed E-state index contributed by atoms with van der Waals surface area (Å²) < 4.78 is 10.7. The molecule has 1 aliphatic heterocycles. The monoisotopic (exact) mass is 438 g/mol. The number of methoxy groups -OCH3 is 2. The lowest BCUT2D eigenvalue weighted by Gasteiger charge is -2.23. The average molecular weight is 439 g/mol. The number of hydrogen-bond donors (Lipinski definition) is 0. The van der Waals surface area contributed by atoms with Gasteiger partial charge in [-0.25, -0.2) is 0 Å². The van der Waals surface area contributed by atoms with Gasteiger partial charge in [0, 0.05) is 44.6 Å². The van der Waals surface area contributed by atoms with Crippen molar-refractivity contribution in [3.8, 4) is 11.5 Å². The van der Waals surface area contributed by atoms with E-state index in [2.05, 4.69) is 0 Å². The first-order chi connectivity index (χ1) is 15.4. The molecule has 0 aromatic heterocycles. The molecule has 0 radical (unpaired) electrons. The predicted octanol–water partition coefficient (Wildman–Crippen LogP) is 3.35. The molecule has 7 nitrogen and oxygen atoms in total. The second-order valence-electron chi connectivity index (χ2n) is 7.85. The van der Waals surface area contributed by atoms with Gasteiger partial charge in [-0.15, -0.1) is 0 Å². The molecule has 170 valence electrons. The van der Waals surface area contributed by atoms with Crippen LogP contribution in [0.4, 0.5) is 0 Å². The highest BCUT2D eigenvalue weighted by atomic mass is 16.5. The van der Waals surface area contributed by atoms with Crippen LogP contribution < -0.4 is 9.47 Å². The van der Waals surface area contributed by atoms with Gasteiger partial charge in [0.1, 0.15) is 17.1 Å². The van der Waals surface area contributed by atoms with Gasteiger partial charge in [-0.3, -0.25) is 14.4 Å². The quantitative estimate of drug-likeness (QED) is 0.620. The van der Waals surface area contributed by atoms with Gasteiger partial charge in [-0.05, 0) is 25.5 Å². The van der Waals surface area contributed by atoms with Crippen molar-refractivity contribution in [2.24, 2.45) is 0 Å². The molecular formula is C25H30N2O5. The Labute approximate surface area is 188 Å². The number of hydrogen-bond acceptors (Lipinski definition) is 5. The van der Waals surface area contributed by atoms with Crippen LogP contribution in [-0.2, 0) is 4.79 Å². The van der Waals surface area contributed by atoms with E-state index in [0.29, 0.717) is 55.2 Å². The molecule has 0 N–H and O–H groups in total. The third-order valence-corrected chi connectivity index (χ3v) is 5.72. The fraction of sp³-hybridized carbons (Fsp3) is 0.400. The van der Waals surface area contributed by atoms with E-state index >= 15 is 0 Å². The molecule has 1 aliphatic rings. The van der Waals surface area contributed by atoms with Gasteiger partial charge in [0.15, 0.2) is 5.78 Å². The zero-order valence-electron chi connectivity index (χ0n) is 18.9. The lowest BCUT2D eigenvalue weighted by molar-refractivity contribution is -0.131. The first kappa shape index (κ1) is 23.3. The molecule has 1 saturated heterocycles. The van der Waals surface area contributed by atoms with E-state index in [0.717, 1.165) is 5.56 Å². The molecule has 2 aromatic rings. The number of Topliss-reactive ketones (excluding diaryl/α,β-unsaturated/α-hetero) is 1. The number of carbonyl (C=O) groups is 3. The van der Waals surface area contributed by atoms with Crippen molar-refractivity contribution in [3.05, 3.63) is 59.2 Å². The van der Waals surface area contributed by atoms with Gasteiger partial charge in [0.05, 0.1) is 14.2 Å². The van der Waals surface area contributed by atoms with Gasteiger partial charge in [-0.1, -0.05) is 35.9 Å². The van der Waals surface area contributed by atoms with E-state index in [1.54, 1.807) is 40.1 Å². The summed E-state index contributed by atoms with van der Waals surface area (Å²) in [6.07, 6.45) is 1.02. The molecule has 7 heteroatoms. The fourth-order valence-corrected chi connectivity index (χ4v) is 3.85. The Kier molecular flexibility index (Phi) is 7.87. The smallest absolute Gasteiger partial charge is 0.261 e. The van der Waals surface area contributed by atoms with E-state index in [9.17, 15) is 14.4 Å². The zero-order valence-corrected chi connectivity index (χ0v) is 18.9. The van der Waals surface area contributed by atoms with Crippen LogP contribution in [0.1, 0.15) is 45.5 Å². The van der Waals surface area contributed by atoms with Crippen molar-refractivity contribution in [2.75, 3.05) is 40.4 Å². The molecule has 0 saturated carbocycles. The molecule has 0 bridgehead atoms. The van der Waals surface area contributed by atoms with E-state index < -0.39 is 0 Å². The van der Waals surface area contributed by atoms with Crippen molar-refractivity contribution < 1.29 is 23.9 Å². The Bertz CT molecular complexity index is 949. The standard InChI is InChI=1S/C25H30N2O5/c1-18-8-10-19(11-9-18)20(28)12-13-23(29)26-14-5-15-27(17-16-26)25(30)24-21(31-2)6-4-7-22(24)32-3/h4,6-11H,5,12-17H2,1-3H3. The lowest BCUT2D eigenvalue weighted by Crippen LogP contribution is -2.37. The molecule has 0 unspecified atom stereocenters. The third-order valence-electron chi connectivity index (χ3n) is 5.72. The summed E-state index contributed by atoms with van der Waals surface area (Å²) in [7, 11) is 3.04. The van der Waals surface area contributed by atoms with Crippen LogP contribution in [0.5, 0.6) is 11.5 Å². The molecule has 3 rings (SSSR count). The lowest BCUT2D eigenvalue weighted by atomic mass is 10.0. The summed E-state index contributed by atoms with van der Waals surface area (Å²) in [6.45, 7) is 3.91. The molecule has 2 aromatic carbocycles.